The Kier molecular flexibility index (Phi) is 10.9. The molecule has 0 N–H and O–H groups in total. The first-order valence-corrected chi connectivity index (χ1v) is 11.4. The maximum absolute atomic E-state index is 2.50. The van der Waals surface area contributed by atoms with Crippen LogP contribution in [0.25, 0.3) is 0 Å². The molecule has 92 valence electrons. The molecule has 0 aromatic rings. The van der Waals surface area contributed by atoms with Gasteiger partial charge in [-0.2, -0.15) is 0 Å². The van der Waals surface area contributed by atoms with Crippen molar-refractivity contribution in [1.82, 2.24) is 0 Å². The third-order valence-corrected chi connectivity index (χ3v) is 11.2. The van der Waals surface area contributed by atoms with Crippen LogP contribution in [-0.4, -0.2) is 29.9 Å². The fourth-order valence-corrected chi connectivity index (χ4v) is 5.32. The summed E-state index contributed by atoms with van der Waals surface area (Å²) in [7, 11) is 0. The third-order valence-electron chi connectivity index (χ3n) is 3.10. The summed E-state index contributed by atoms with van der Waals surface area (Å²) in [6, 6.07) is 0. The fourth-order valence-electron chi connectivity index (χ4n) is 1.69. The molecule has 2 heteroatoms. The second-order valence-electron chi connectivity index (χ2n) is 4.41. The van der Waals surface area contributed by atoms with Gasteiger partial charge in [0.05, 0.1) is 0 Å². The Morgan fingerprint density at radius 2 is 1.27 bits per heavy atom. The van der Waals surface area contributed by atoms with Crippen molar-refractivity contribution >= 4 is 29.9 Å². The van der Waals surface area contributed by atoms with Crippen LogP contribution in [0.2, 0.25) is 14.9 Å². The van der Waals surface area contributed by atoms with Gasteiger partial charge in [-0.05, 0) is 0 Å². The molecule has 0 aromatic carbocycles. The van der Waals surface area contributed by atoms with E-state index >= 15 is 0 Å². The van der Waals surface area contributed by atoms with Crippen molar-refractivity contribution in [3.8, 4) is 0 Å². The molecule has 0 heterocycles. The number of hydrogen-bond acceptors (Lipinski definition) is 0. The van der Waals surface area contributed by atoms with Crippen molar-refractivity contribution in [3.05, 3.63) is 0 Å². The third kappa shape index (κ3) is 8.81. The summed E-state index contributed by atoms with van der Waals surface area (Å²) >= 11 is 1.70. The van der Waals surface area contributed by atoms with Crippen LogP contribution in [0.1, 0.15) is 65.2 Å². The van der Waals surface area contributed by atoms with Crippen molar-refractivity contribution in [2.75, 3.05) is 0 Å². The number of rotatable bonds is 10. The van der Waals surface area contributed by atoms with Crippen molar-refractivity contribution < 1.29 is 0 Å². The second-order valence-corrected chi connectivity index (χ2v) is 11.2. The quantitative estimate of drug-likeness (QED) is 0.396. The van der Waals surface area contributed by atoms with Crippen LogP contribution >= 0.6 is 0 Å². The normalized spacial score (nSPS) is 12.0. The van der Waals surface area contributed by atoms with Crippen LogP contribution < -0.4 is 0 Å². The summed E-state index contributed by atoms with van der Waals surface area (Å²) in [5.41, 5.74) is 0. The van der Waals surface area contributed by atoms with Gasteiger partial charge in [-0.3, -0.25) is 0 Å². The van der Waals surface area contributed by atoms with E-state index < -0.39 is 0 Å². The van der Waals surface area contributed by atoms with Gasteiger partial charge in [0.25, 0.3) is 0 Å². The minimum absolute atomic E-state index is 0.753. The topological polar surface area (TPSA) is 0 Å². The minimum atomic E-state index is 0.753. The average molecular weight is 342 g/mol. The predicted octanol–water partition coefficient (Wildman–Crippen LogP) is 4.77. The molecule has 0 aliphatic heterocycles. The van der Waals surface area contributed by atoms with Gasteiger partial charge in [-0.25, -0.2) is 0 Å². The molecule has 0 unspecified atom stereocenters. The van der Waals surface area contributed by atoms with E-state index in [1.165, 1.54) is 51.4 Å². The molecule has 0 aliphatic carbocycles. The Labute approximate surface area is 110 Å². The summed E-state index contributed by atoms with van der Waals surface area (Å²) in [4.78, 5) is 0. The average Bonchev–Trinajstić information content (AvgIpc) is 2.27. The van der Waals surface area contributed by atoms with Crippen LogP contribution in [0.5, 0.6) is 0 Å². The molecule has 0 radical (unpaired) electrons. The predicted molar refractivity (Wildman–Crippen MR) is 74.2 cm³/mol. The molecule has 0 rings (SSSR count). The molecule has 0 nitrogen and oxygen atoms in total. The van der Waals surface area contributed by atoms with E-state index in [1.807, 2.05) is 0 Å². The van der Waals surface area contributed by atoms with E-state index in [0.29, 0.717) is 0 Å². The molecule has 0 saturated carbocycles. The zero-order valence-corrected chi connectivity index (χ0v) is 14.4. The Morgan fingerprint density at radius 1 is 0.800 bits per heavy atom. The molecular formula is C13H28Se2. The Bertz CT molecular complexity index is 130. The van der Waals surface area contributed by atoms with Gasteiger partial charge in [0.15, 0.2) is 0 Å². The second kappa shape index (κ2) is 10.2. The van der Waals surface area contributed by atoms with Gasteiger partial charge in [-0.15, -0.1) is 0 Å². The summed E-state index contributed by atoms with van der Waals surface area (Å²) in [5.74, 6) is 4.83. The number of unbranched alkanes of at least 4 members (excludes halogenated alkanes) is 6. The van der Waals surface area contributed by atoms with Gasteiger partial charge in [-0.1, -0.05) is 0 Å². The molecule has 0 saturated heterocycles. The van der Waals surface area contributed by atoms with E-state index in [9.17, 15) is 0 Å². The Balaban J connectivity index is 3.29. The standard InChI is InChI=1S/C13H28Se2/c1-5-6-7-8-9-10-11-12-13(2,14-3)15-4/h5-12H2,1-4H3. The zero-order chi connectivity index (χ0) is 11.6. The first-order valence-electron chi connectivity index (χ1n) is 6.29. The van der Waals surface area contributed by atoms with Crippen LogP contribution in [0.4, 0.5) is 0 Å². The molecule has 0 aliphatic rings. The molecule has 15 heavy (non-hydrogen) atoms. The molecule has 0 bridgehead atoms. The van der Waals surface area contributed by atoms with Gasteiger partial charge in [0.2, 0.25) is 0 Å². The summed E-state index contributed by atoms with van der Waals surface area (Å²) in [6.45, 7) is 4.79. The van der Waals surface area contributed by atoms with E-state index in [0.717, 1.165) is 33.1 Å². The van der Waals surface area contributed by atoms with Crippen LogP contribution in [0.15, 0.2) is 0 Å². The van der Waals surface area contributed by atoms with E-state index in [2.05, 4.69) is 25.5 Å². The van der Waals surface area contributed by atoms with Crippen LogP contribution in [0, 0.1) is 0 Å². The van der Waals surface area contributed by atoms with Crippen molar-refractivity contribution in [1.29, 1.82) is 0 Å². The van der Waals surface area contributed by atoms with Gasteiger partial charge < -0.3 is 0 Å². The SMILES string of the molecule is CCCCCCCCCC(C)([Se]C)[Se]C. The van der Waals surface area contributed by atoms with Crippen LogP contribution in [-0.2, 0) is 0 Å². The summed E-state index contributed by atoms with van der Waals surface area (Å²) in [5, 5.41) is 0. The molecule has 0 atom stereocenters. The Morgan fingerprint density at radius 3 is 1.73 bits per heavy atom. The first kappa shape index (κ1) is 16.0. The number of hydrogen-bond donors (Lipinski definition) is 0. The fraction of sp³-hybridized carbons (Fsp3) is 1.00. The Hall–Kier alpha value is 1.04. The van der Waals surface area contributed by atoms with Gasteiger partial charge >= 0.3 is 110 Å². The van der Waals surface area contributed by atoms with Gasteiger partial charge in [0.1, 0.15) is 0 Å². The molecular weight excluding hydrogens is 314 g/mol. The summed E-state index contributed by atoms with van der Waals surface area (Å²) in [6.07, 6.45) is 11.7. The first-order chi connectivity index (χ1) is 7.18. The monoisotopic (exact) mass is 344 g/mol. The molecule has 0 amide bonds. The van der Waals surface area contributed by atoms with Crippen molar-refractivity contribution in [2.45, 2.75) is 80.1 Å². The zero-order valence-electron chi connectivity index (χ0n) is 11.0. The molecule has 0 spiro atoms. The molecule has 0 fully saturated rings. The molecule has 0 aromatic heterocycles. The van der Waals surface area contributed by atoms with Crippen LogP contribution in [0.3, 0.4) is 0 Å². The summed E-state index contributed by atoms with van der Waals surface area (Å²) < 4.78 is 0.753. The van der Waals surface area contributed by atoms with E-state index in [-0.39, 0.29) is 0 Å². The van der Waals surface area contributed by atoms with Crippen molar-refractivity contribution in [2.24, 2.45) is 0 Å². The van der Waals surface area contributed by atoms with Gasteiger partial charge in [0, 0.05) is 0 Å². The van der Waals surface area contributed by atoms with E-state index in [4.69, 9.17) is 0 Å². The maximum atomic E-state index is 2.50. The van der Waals surface area contributed by atoms with E-state index in [1.54, 1.807) is 0 Å². The van der Waals surface area contributed by atoms with Crippen molar-refractivity contribution in [3.63, 3.8) is 0 Å².